The van der Waals surface area contributed by atoms with Gasteiger partial charge in [0.25, 0.3) is 0 Å². The van der Waals surface area contributed by atoms with Gasteiger partial charge in [-0.25, -0.2) is 9.50 Å². The number of fused-ring (bicyclic) bond motifs is 1. The van der Waals surface area contributed by atoms with Gasteiger partial charge in [-0.15, -0.1) is 11.6 Å². The van der Waals surface area contributed by atoms with E-state index in [1.54, 1.807) is 0 Å². The highest BCUT2D eigenvalue weighted by molar-refractivity contribution is 6.17. The van der Waals surface area contributed by atoms with Gasteiger partial charge < -0.3 is 0 Å². The summed E-state index contributed by atoms with van der Waals surface area (Å²) in [5.41, 5.74) is 4.57. The minimum absolute atomic E-state index is 0.673. The van der Waals surface area contributed by atoms with Crippen molar-refractivity contribution in [2.45, 2.75) is 12.8 Å². The summed E-state index contributed by atoms with van der Waals surface area (Å²) < 4.78 is 1.96. The second-order valence-electron chi connectivity index (χ2n) is 4.24. The topological polar surface area (TPSA) is 33.1 Å². The Hall–Kier alpha value is -1.74. The Bertz CT molecular complexity index is 639. The van der Waals surface area contributed by atoms with Crippen LogP contribution >= 0.6 is 11.6 Å². The Labute approximate surface area is 110 Å². The molecule has 0 spiro atoms. The summed E-state index contributed by atoms with van der Waals surface area (Å²) in [6.07, 6.45) is 5.65. The fourth-order valence-electron chi connectivity index (χ4n) is 2.24. The highest BCUT2D eigenvalue weighted by atomic mass is 35.5. The van der Waals surface area contributed by atoms with Gasteiger partial charge in [0.2, 0.25) is 0 Å². The molecule has 4 heteroatoms. The molecular weight excluding hydrogens is 246 g/mol. The molecule has 92 valence electrons. The molecule has 0 aliphatic heterocycles. The molecule has 3 nitrogen and oxygen atoms in total. The first-order valence-corrected chi connectivity index (χ1v) is 6.59. The zero-order valence-corrected chi connectivity index (χ0v) is 10.7. The number of hydrogen-bond donors (Lipinski definition) is 1. The van der Waals surface area contributed by atoms with Gasteiger partial charge in [0, 0.05) is 23.8 Å². The number of hydrogen-bond acceptors (Lipinski definition) is 1. The molecule has 0 amide bonds. The van der Waals surface area contributed by atoms with E-state index in [1.165, 1.54) is 11.1 Å². The smallest absolute Gasteiger partial charge is 0.156 e. The monoisotopic (exact) mass is 259 g/mol. The third-order valence-corrected chi connectivity index (χ3v) is 3.33. The standard InChI is InChI=1S/C14H14ClN3/c15-8-4-7-12-13(11-5-2-1-3-6-11)17-18-10-9-16-14(12)18/h1-3,5-6,9-10,17H,4,7-8H2. The van der Waals surface area contributed by atoms with E-state index in [2.05, 4.69) is 22.2 Å². The van der Waals surface area contributed by atoms with Crippen molar-refractivity contribution in [3.8, 4) is 11.3 Å². The Morgan fingerprint density at radius 2 is 2.06 bits per heavy atom. The van der Waals surface area contributed by atoms with Gasteiger partial charge in [0.15, 0.2) is 5.65 Å². The van der Waals surface area contributed by atoms with Crippen LogP contribution in [-0.4, -0.2) is 20.5 Å². The SMILES string of the molecule is ClCCCc1c(-c2ccccc2)[nH]n2ccnc12. The lowest BCUT2D eigenvalue weighted by molar-refractivity contribution is 0.935. The van der Waals surface area contributed by atoms with E-state index >= 15 is 0 Å². The number of aromatic amines is 1. The number of aromatic nitrogens is 3. The van der Waals surface area contributed by atoms with Crippen molar-refractivity contribution >= 4 is 17.2 Å². The van der Waals surface area contributed by atoms with E-state index in [-0.39, 0.29) is 0 Å². The van der Waals surface area contributed by atoms with Crippen LogP contribution in [0.5, 0.6) is 0 Å². The average Bonchev–Trinajstić information content (AvgIpc) is 2.98. The van der Waals surface area contributed by atoms with E-state index in [1.807, 2.05) is 35.1 Å². The second kappa shape index (κ2) is 4.86. The van der Waals surface area contributed by atoms with Crippen molar-refractivity contribution in [3.05, 3.63) is 48.3 Å². The third kappa shape index (κ3) is 1.91. The lowest BCUT2D eigenvalue weighted by Crippen LogP contribution is -1.89. The van der Waals surface area contributed by atoms with Crippen LogP contribution in [0, 0.1) is 0 Å². The van der Waals surface area contributed by atoms with E-state index in [4.69, 9.17) is 11.6 Å². The highest BCUT2D eigenvalue weighted by Crippen LogP contribution is 2.26. The van der Waals surface area contributed by atoms with Gasteiger partial charge in [-0.3, -0.25) is 5.10 Å². The summed E-state index contributed by atoms with van der Waals surface area (Å²) in [5.74, 6) is 0.673. The molecular formula is C14H14ClN3. The lowest BCUT2D eigenvalue weighted by atomic mass is 10.0. The van der Waals surface area contributed by atoms with Crippen molar-refractivity contribution in [2.24, 2.45) is 0 Å². The third-order valence-electron chi connectivity index (χ3n) is 3.07. The van der Waals surface area contributed by atoms with Gasteiger partial charge >= 0.3 is 0 Å². The molecule has 18 heavy (non-hydrogen) atoms. The molecule has 3 rings (SSSR count). The number of nitrogens with one attached hydrogen (secondary N) is 1. The van der Waals surface area contributed by atoms with Crippen LogP contribution in [0.25, 0.3) is 16.9 Å². The molecule has 0 saturated heterocycles. The van der Waals surface area contributed by atoms with E-state index < -0.39 is 0 Å². The Kier molecular flexibility index (Phi) is 3.07. The normalized spacial score (nSPS) is 11.2. The molecule has 2 aromatic heterocycles. The molecule has 1 N–H and O–H groups in total. The summed E-state index contributed by atoms with van der Waals surface area (Å²) in [5, 5.41) is 3.38. The summed E-state index contributed by atoms with van der Waals surface area (Å²) in [6.45, 7) is 0. The van der Waals surface area contributed by atoms with Crippen LogP contribution in [-0.2, 0) is 6.42 Å². The minimum Gasteiger partial charge on any atom is -0.292 e. The second-order valence-corrected chi connectivity index (χ2v) is 4.62. The van der Waals surface area contributed by atoms with Crippen molar-refractivity contribution in [3.63, 3.8) is 0 Å². The average molecular weight is 260 g/mol. The van der Waals surface area contributed by atoms with Gasteiger partial charge in [-0.1, -0.05) is 30.3 Å². The number of H-pyrrole nitrogens is 1. The minimum atomic E-state index is 0.673. The van der Waals surface area contributed by atoms with Crippen LogP contribution in [0.3, 0.4) is 0 Å². The van der Waals surface area contributed by atoms with Crippen molar-refractivity contribution in [2.75, 3.05) is 5.88 Å². The maximum atomic E-state index is 5.80. The Morgan fingerprint density at radius 3 is 2.83 bits per heavy atom. The molecule has 0 unspecified atom stereocenters. The van der Waals surface area contributed by atoms with E-state index in [0.717, 1.165) is 24.2 Å². The van der Waals surface area contributed by atoms with Crippen LogP contribution in [0.4, 0.5) is 0 Å². The van der Waals surface area contributed by atoms with E-state index in [0.29, 0.717) is 5.88 Å². The number of aryl methyl sites for hydroxylation is 1. The fourth-order valence-corrected chi connectivity index (χ4v) is 2.37. The summed E-state index contributed by atoms with van der Waals surface area (Å²) in [6, 6.07) is 10.3. The van der Waals surface area contributed by atoms with Gasteiger partial charge in [0.1, 0.15) is 0 Å². The molecule has 0 bridgehead atoms. The summed E-state index contributed by atoms with van der Waals surface area (Å²) in [7, 11) is 0. The molecule has 0 aliphatic rings. The number of imidazole rings is 1. The quantitative estimate of drug-likeness (QED) is 0.715. The lowest BCUT2D eigenvalue weighted by Gasteiger charge is -2.02. The Morgan fingerprint density at radius 1 is 1.22 bits per heavy atom. The van der Waals surface area contributed by atoms with Crippen LogP contribution in [0.1, 0.15) is 12.0 Å². The number of rotatable bonds is 4. The number of nitrogens with zero attached hydrogens (tertiary/aromatic N) is 2. The zero-order chi connectivity index (χ0) is 12.4. The molecule has 0 atom stereocenters. The summed E-state index contributed by atoms with van der Waals surface area (Å²) >= 11 is 5.80. The Balaban J connectivity index is 2.12. The largest absolute Gasteiger partial charge is 0.292 e. The maximum absolute atomic E-state index is 5.80. The molecule has 0 saturated carbocycles. The predicted octanol–water partition coefficient (Wildman–Crippen LogP) is 3.50. The number of halogens is 1. The zero-order valence-electron chi connectivity index (χ0n) is 9.94. The van der Waals surface area contributed by atoms with Crippen molar-refractivity contribution < 1.29 is 0 Å². The van der Waals surface area contributed by atoms with Crippen molar-refractivity contribution in [1.29, 1.82) is 0 Å². The van der Waals surface area contributed by atoms with E-state index in [9.17, 15) is 0 Å². The van der Waals surface area contributed by atoms with Gasteiger partial charge in [-0.2, -0.15) is 0 Å². The van der Waals surface area contributed by atoms with Crippen LogP contribution in [0.2, 0.25) is 0 Å². The first-order valence-electron chi connectivity index (χ1n) is 6.05. The first kappa shape index (κ1) is 11.4. The summed E-state index contributed by atoms with van der Waals surface area (Å²) in [4.78, 5) is 4.41. The molecule has 0 radical (unpaired) electrons. The van der Waals surface area contributed by atoms with Crippen molar-refractivity contribution in [1.82, 2.24) is 14.6 Å². The number of benzene rings is 1. The van der Waals surface area contributed by atoms with Gasteiger partial charge in [-0.05, 0) is 18.4 Å². The maximum Gasteiger partial charge on any atom is 0.156 e. The fraction of sp³-hybridized carbons (Fsp3) is 0.214. The highest BCUT2D eigenvalue weighted by Gasteiger charge is 2.13. The molecule has 2 heterocycles. The molecule has 1 aromatic carbocycles. The van der Waals surface area contributed by atoms with Crippen LogP contribution in [0.15, 0.2) is 42.7 Å². The number of alkyl halides is 1. The first-order chi connectivity index (χ1) is 8.90. The van der Waals surface area contributed by atoms with Gasteiger partial charge in [0.05, 0.1) is 5.69 Å². The van der Waals surface area contributed by atoms with Crippen LogP contribution < -0.4 is 0 Å². The predicted molar refractivity (Wildman–Crippen MR) is 74.0 cm³/mol. The molecule has 3 aromatic rings. The molecule has 0 fully saturated rings. The molecule has 0 aliphatic carbocycles.